The van der Waals surface area contributed by atoms with Crippen molar-refractivity contribution in [1.29, 1.82) is 0 Å². The molecule has 9 heteroatoms. The van der Waals surface area contributed by atoms with Gasteiger partial charge < -0.3 is 15.4 Å². The molecule has 160 valence electrons. The molecule has 30 heavy (non-hydrogen) atoms. The minimum atomic E-state index is -0.310. The number of nitrogens with zero attached hydrogens (tertiary/aromatic N) is 3. The van der Waals surface area contributed by atoms with Gasteiger partial charge in [0, 0.05) is 25.2 Å². The zero-order valence-corrected chi connectivity index (χ0v) is 19.3. The summed E-state index contributed by atoms with van der Waals surface area (Å²) in [7, 11) is 1.72. The Hall–Kier alpha value is -2.69. The van der Waals surface area contributed by atoms with E-state index in [2.05, 4.69) is 30.8 Å². The molecule has 0 radical (unpaired) electrons. The fraction of sp³-hybridized carbons (Fsp3) is 0.286. The highest BCUT2D eigenvalue weighted by Crippen LogP contribution is 2.16. The van der Waals surface area contributed by atoms with Crippen molar-refractivity contribution in [3.05, 3.63) is 66.2 Å². The second-order valence-electron chi connectivity index (χ2n) is 6.45. The molecule has 0 saturated carbocycles. The fourth-order valence-electron chi connectivity index (χ4n) is 2.79. The van der Waals surface area contributed by atoms with Crippen LogP contribution in [0.1, 0.15) is 18.9 Å². The number of halogens is 2. The predicted molar refractivity (Wildman–Crippen MR) is 127 cm³/mol. The first kappa shape index (κ1) is 23.6. The van der Waals surface area contributed by atoms with Gasteiger partial charge in [-0.25, -0.2) is 9.37 Å². The van der Waals surface area contributed by atoms with E-state index in [4.69, 9.17) is 4.74 Å². The van der Waals surface area contributed by atoms with Crippen molar-refractivity contribution >= 4 is 29.9 Å². The highest BCUT2D eigenvalue weighted by molar-refractivity contribution is 14.0. The number of hydrogen-bond donors (Lipinski definition) is 3. The first-order chi connectivity index (χ1) is 14.2. The van der Waals surface area contributed by atoms with Crippen LogP contribution in [0.5, 0.6) is 5.75 Å². The maximum Gasteiger partial charge on any atom is 0.191 e. The van der Waals surface area contributed by atoms with Gasteiger partial charge >= 0.3 is 0 Å². The van der Waals surface area contributed by atoms with Crippen LogP contribution in [0, 0.1) is 5.82 Å². The van der Waals surface area contributed by atoms with E-state index in [1.54, 1.807) is 19.2 Å². The van der Waals surface area contributed by atoms with Crippen molar-refractivity contribution in [3.63, 3.8) is 0 Å². The highest BCUT2D eigenvalue weighted by atomic mass is 127. The Morgan fingerprint density at radius 3 is 2.73 bits per heavy atom. The standard InChI is InChI=1S/C21H25FN6O.HI/c1-3-18(29-19-9-5-8-17(22)11-19)13-25-21(23-2)24-12-15-6-4-7-16(10-15)20-26-14-27-28-20;/h4-11,14,18H,3,12-13H2,1-2H3,(H2,23,24,25)(H,26,27,28);1H. The Labute approximate surface area is 192 Å². The van der Waals surface area contributed by atoms with Crippen LogP contribution in [-0.2, 0) is 6.54 Å². The molecule has 7 nitrogen and oxygen atoms in total. The largest absolute Gasteiger partial charge is 0.489 e. The lowest BCUT2D eigenvalue weighted by Crippen LogP contribution is -2.42. The third kappa shape index (κ3) is 6.97. The van der Waals surface area contributed by atoms with Gasteiger partial charge in [-0.1, -0.05) is 31.2 Å². The topological polar surface area (TPSA) is 87.2 Å². The summed E-state index contributed by atoms with van der Waals surface area (Å²) in [6.07, 6.45) is 2.16. The minimum absolute atomic E-state index is 0. The van der Waals surface area contributed by atoms with E-state index in [1.165, 1.54) is 18.5 Å². The van der Waals surface area contributed by atoms with Crippen LogP contribution in [0.3, 0.4) is 0 Å². The Morgan fingerprint density at radius 1 is 1.20 bits per heavy atom. The van der Waals surface area contributed by atoms with Crippen molar-refractivity contribution in [2.75, 3.05) is 13.6 Å². The number of hydrogen-bond acceptors (Lipinski definition) is 4. The molecule has 0 fully saturated rings. The van der Waals surface area contributed by atoms with E-state index < -0.39 is 0 Å². The van der Waals surface area contributed by atoms with Gasteiger partial charge in [0.1, 0.15) is 24.0 Å². The number of aromatic nitrogens is 3. The summed E-state index contributed by atoms with van der Waals surface area (Å²) in [5.74, 6) is 1.60. The molecular formula is C21H26FIN6O. The zero-order valence-electron chi connectivity index (χ0n) is 16.9. The van der Waals surface area contributed by atoms with Crippen LogP contribution in [0.4, 0.5) is 4.39 Å². The number of aromatic amines is 1. The Kier molecular flexibility index (Phi) is 9.52. The molecule has 0 amide bonds. The molecule has 3 rings (SSSR count). The van der Waals surface area contributed by atoms with Gasteiger partial charge in [0.25, 0.3) is 0 Å². The van der Waals surface area contributed by atoms with Crippen molar-refractivity contribution in [3.8, 4) is 17.1 Å². The molecule has 1 aromatic heterocycles. The normalized spacial score (nSPS) is 12.0. The molecule has 2 aromatic carbocycles. The number of ether oxygens (including phenoxy) is 1. The number of benzene rings is 2. The van der Waals surface area contributed by atoms with Gasteiger partial charge in [-0.2, -0.15) is 5.10 Å². The molecule has 0 bridgehead atoms. The smallest absolute Gasteiger partial charge is 0.191 e. The van der Waals surface area contributed by atoms with Crippen LogP contribution in [0.15, 0.2) is 59.9 Å². The summed E-state index contributed by atoms with van der Waals surface area (Å²) in [5, 5.41) is 13.3. The second-order valence-corrected chi connectivity index (χ2v) is 6.45. The average Bonchev–Trinajstić information content (AvgIpc) is 3.28. The molecule has 0 spiro atoms. The van der Waals surface area contributed by atoms with E-state index in [0.29, 0.717) is 24.8 Å². The summed E-state index contributed by atoms with van der Waals surface area (Å²) in [5.41, 5.74) is 2.06. The maximum absolute atomic E-state index is 13.3. The van der Waals surface area contributed by atoms with Gasteiger partial charge in [0.2, 0.25) is 0 Å². The number of guanidine groups is 1. The summed E-state index contributed by atoms with van der Waals surface area (Å²) >= 11 is 0. The molecule has 0 aliphatic heterocycles. The van der Waals surface area contributed by atoms with E-state index in [9.17, 15) is 4.39 Å². The van der Waals surface area contributed by atoms with Gasteiger partial charge in [-0.05, 0) is 30.2 Å². The lowest BCUT2D eigenvalue weighted by Gasteiger charge is -2.20. The van der Waals surface area contributed by atoms with E-state index in [-0.39, 0.29) is 35.9 Å². The van der Waals surface area contributed by atoms with Crippen LogP contribution in [-0.4, -0.2) is 40.8 Å². The van der Waals surface area contributed by atoms with Gasteiger partial charge in [0.05, 0.1) is 6.54 Å². The molecular weight excluding hydrogens is 498 g/mol. The van der Waals surface area contributed by atoms with E-state index >= 15 is 0 Å². The quantitative estimate of drug-likeness (QED) is 0.238. The SMILES string of the molecule is CCC(CNC(=NC)NCc1cccc(-c2ncn[nH]2)c1)Oc1cccc(F)c1.I. The zero-order chi connectivity index (χ0) is 20.5. The second kappa shape index (κ2) is 12.1. The minimum Gasteiger partial charge on any atom is -0.489 e. The van der Waals surface area contributed by atoms with Gasteiger partial charge in [0.15, 0.2) is 11.8 Å². The summed E-state index contributed by atoms with van der Waals surface area (Å²) < 4.78 is 19.2. The molecule has 0 aliphatic carbocycles. The summed E-state index contributed by atoms with van der Waals surface area (Å²) in [4.78, 5) is 8.43. The molecule has 0 saturated heterocycles. The third-order valence-electron chi connectivity index (χ3n) is 4.35. The Morgan fingerprint density at radius 2 is 2.03 bits per heavy atom. The lowest BCUT2D eigenvalue weighted by atomic mass is 10.1. The number of rotatable bonds is 8. The Balaban J connectivity index is 0.00000320. The van der Waals surface area contributed by atoms with Crippen molar-refractivity contribution in [1.82, 2.24) is 25.8 Å². The fourth-order valence-corrected chi connectivity index (χ4v) is 2.79. The van der Waals surface area contributed by atoms with E-state index in [0.717, 1.165) is 23.4 Å². The molecule has 3 aromatic rings. The highest BCUT2D eigenvalue weighted by Gasteiger charge is 2.10. The van der Waals surface area contributed by atoms with Crippen LogP contribution in [0.2, 0.25) is 0 Å². The molecule has 0 aliphatic rings. The van der Waals surface area contributed by atoms with Gasteiger partial charge in [-0.3, -0.25) is 10.1 Å². The molecule has 1 heterocycles. The first-order valence-electron chi connectivity index (χ1n) is 9.49. The molecule has 1 unspecified atom stereocenters. The summed E-state index contributed by atoms with van der Waals surface area (Å²) in [6.45, 7) is 3.17. The van der Waals surface area contributed by atoms with Crippen molar-refractivity contribution in [2.45, 2.75) is 26.0 Å². The first-order valence-corrected chi connectivity index (χ1v) is 9.49. The van der Waals surface area contributed by atoms with E-state index in [1.807, 2.05) is 31.2 Å². The number of nitrogens with one attached hydrogen (secondary N) is 3. The third-order valence-corrected chi connectivity index (χ3v) is 4.35. The van der Waals surface area contributed by atoms with Crippen LogP contribution in [0.25, 0.3) is 11.4 Å². The lowest BCUT2D eigenvalue weighted by molar-refractivity contribution is 0.199. The maximum atomic E-state index is 13.3. The molecule has 3 N–H and O–H groups in total. The van der Waals surface area contributed by atoms with Crippen LogP contribution >= 0.6 is 24.0 Å². The van der Waals surface area contributed by atoms with Gasteiger partial charge in [-0.15, -0.1) is 24.0 Å². The Bertz CT molecular complexity index is 935. The number of H-pyrrole nitrogens is 1. The molecule has 1 atom stereocenters. The monoisotopic (exact) mass is 524 g/mol. The average molecular weight is 524 g/mol. The number of aliphatic imine (C=N–C) groups is 1. The van der Waals surface area contributed by atoms with Crippen molar-refractivity contribution < 1.29 is 9.13 Å². The predicted octanol–water partition coefficient (Wildman–Crippen LogP) is 3.75. The van der Waals surface area contributed by atoms with Crippen molar-refractivity contribution in [2.24, 2.45) is 4.99 Å². The summed E-state index contributed by atoms with van der Waals surface area (Å²) in [6, 6.07) is 14.2. The van der Waals surface area contributed by atoms with Crippen LogP contribution < -0.4 is 15.4 Å².